The van der Waals surface area contributed by atoms with E-state index in [2.05, 4.69) is 17.1 Å². The molecule has 1 aromatic carbocycles. The Kier molecular flexibility index (Phi) is 4.31. The van der Waals surface area contributed by atoms with Crippen LogP contribution in [0.4, 0.5) is 0 Å². The molecule has 0 aliphatic rings. The average Bonchev–Trinajstić information content (AvgIpc) is 2.46. The Labute approximate surface area is 107 Å². The summed E-state index contributed by atoms with van der Waals surface area (Å²) in [6, 6.07) is 13.8. The number of aliphatic hydroxyl groups excluding tert-OH is 1. The number of methoxy groups -OCH3 is 1. The van der Waals surface area contributed by atoms with Crippen molar-refractivity contribution < 1.29 is 9.84 Å². The van der Waals surface area contributed by atoms with Crippen LogP contribution in [-0.4, -0.2) is 17.2 Å². The van der Waals surface area contributed by atoms with Crippen molar-refractivity contribution in [3.8, 4) is 5.88 Å². The number of aliphatic hydroxyl groups is 1. The molecule has 0 fully saturated rings. The summed E-state index contributed by atoms with van der Waals surface area (Å²) >= 11 is 0. The predicted octanol–water partition coefficient (Wildman–Crippen LogP) is 2.76. The predicted molar refractivity (Wildman–Crippen MR) is 70.5 cm³/mol. The van der Waals surface area contributed by atoms with E-state index in [1.165, 1.54) is 5.56 Å². The highest BCUT2D eigenvalue weighted by atomic mass is 16.5. The summed E-state index contributed by atoms with van der Waals surface area (Å²) in [4.78, 5) is 4.09. The molecule has 1 heterocycles. The van der Waals surface area contributed by atoms with E-state index >= 15 is 0 Å². The van der Waals surface area contributed by atoms with Crippen LogP contribution >= 0.6 is 0 Å². The maximum absolute atomic E-state index is 10.1. The van der Waals surface area contributed by atoms with Crippen molar-refractivity contribution in [1.82, 2.24) is 4.98 Å². The Hall–Kier alpha value is -1.87. The van der Waals surface area contributed by atoms with Gasteiger partial charge in [0.1, 0.15) is 0 Å². The van der Waals surface area contributed by atoms with Gasteiger partial charge in [0.05, 0.1) is 13.2 Å². The number of hydrogen-bond acceptors (Lipinski definition) is 3. The van der Waals surface area contributed by atoms with Crippen molar-refractivity contribution in [3.05, 3.63) is 59.8 Å². The number of aromatic nitrogens is 1. The number of pyridine rings is 1. The third-order valence-corrected chi connectivity index (χ3v) is 2.90. The first kappa shape index (κ1) is 12.6. The van der Waals surface area contributed by atoms with Gasteiger partial charge in [-0.05, 0) is 30.0 Å². The van der Waals surface area contributed by atoms with Crippen molar-refractivity contribution >= 4 is 0 Å². The summed E-state index contributed by atoms with van der Waals surface area (Å²) in [6.45, 7) is 0. The van der Waals surface area contributed by atoms with Crippen LogP contribution in [0, 0.1) is 0 Å². The smallest absolute Gasteiger partial charge is 0.212 e. The second-order valence-electron chi connectivity index (χ2n) is 4.17. The van der Waals surface area contributed by atoms with E-state index in [9.17, 15) is 5.11 Å². The van der Waals surface area contributed by atoms with Crippen LogP contribution in [0.3, 0.4) is 0 Å². The maximum Gasteiger partial charge on any atom is 0.212 e. The van der Waals surface area contributed by atoms with Crippen LogP contribution in [0.25, 0.3) is 0 Å². The minimum Gasteiger partial charge on any atom is -0.481 e. The molecule has 1 N–H and O–H groups in total. The lowest BCUT2D eigenvalue weighted by Gasteiger charge is -2.11. The highest BCUT2D eigenvalue weighted by molar-refractivity contribution is 5.20. The van der Waals surface area contributed by atoms with Crippen LogP contribution in [0.5, 0.6) is 5.88 Å². The monoisotopic (exact) mass is 243 g/mol. The molecule has 1 atom stereocenters. The van der Waals surface area contributed by atoms with Gasteiger partial charge < -0.3 is 9.84 Å². The van der Waals surface area contributed by atoms with E-state index in [4.69, 9.17) is 4.74 Å². The van der Waals surface area contributed by atoms with Crippen LogP contribution in [0.15, 0.2) is 48.7 Å². The van der Waals surface area contributed by atoms with Crippen LogP contribution in [0.2, 0.25) is 0 Å². The lowest BCUT2D eigenvalue weighted by Crippen LogP contribution is -2.00. The van der Waals surface area contributed by atoms with Gasteiger partial charge in [-0.25, -0.2) is 4.98 Å². The number of benzene rings is 1. The molecule has 0 saturated heterocycles. The third-order valence-electron chi connectivity index (χ3n) is 2.90. The van der Waals surface area contributed by atoms with E-state index < -0.39 is 6.10 Å². The fourth-order valence-electron chi connectivity index (χ4n) is 1.82. The van der Waals surface area contributed by atoms with Gasteiger partial charge in [-0.15, -0.1) is 0 Å². The van der Waals surface area contributed by atoms with Gasteiger partial charge in [0.25, 0.3) is 0 Å². The molecule has 0 amide bonds. The molecule has 2 aromatic rings. The molecule has 0 bridgehead atoms. The van der Waals surface area contributed by atoms with E-state index in [0.717, 1.165) is 12.0 Å². The van der Waals surface area contributed by atoms with Gasteiger partial charge in [0, 0.05) is 12.3 Å². The number of ether oxygens (including phenoxy) is 1. The molecule has 0 spiro atoms. The zero-order valence-electron chi connectivity index (χ0n) is 10.4. The zero-order chi connectivity index (χ0) is 12.8. The lowest BCUT2D eigenvalue weighted by atomic mass is 10.0. The topological polar surface area (TPSA) is 42.4 Å². The molecule has 0 radical (unpaired) electrons. The second-order valence-corrected chi connectivity index (χ2v) is 4.17. The minimum absolute atomic E-state index is 0.483. The van der Waals surface area contributed by atoms with E-state index in [0.29, 0.717) is 12.3 Å². The Bertz CT molecular complexity index is 468. The molecular formula is C15H17NO2. The molecule has 2 rings (SSSR count). The highest BCUT2D eigenvalue weighted by Gasteiger charge is 2.08. The maximum atomic E-state index is 10.1. The molecule has 0 aliphatic heterocycles. The van der Waals surface area contributed by atoms with Gasteiger partial charge >= 0.3 is 0 Å². The molecule has 1 unspecified atom stereocenters. The summed E-state index contributed by atoms with van der Waals surface area (Å²) in [7, 11) is 1.58. The summed E-state index contributed by atoms with van der Waals surface area (Å²) in [5.41, 5.74) is 2.06. The first-order chi connectivity index (χ1) is 8.79. The van der Waals surface area contributed by atoms with Gasteiger partial charge in [-0.3, -0.25) is 0 Å². The van der Waals surface area contributed by atoms with Crippen LogP contribution in [0.1, 0.15) is 23.7 Å². The molecule has 0 aliphatic carbocycles. The zero-order valence-corrected chi connectivity index (χ0v) is 10.4. The van der Waals surface area contributed by atoms with Crippen molar-refractivity contribution in [2.45, 2.75) is 18.9 Å². The van der Waals surface area contributed by atoms with Crippen LogP contribution < -0.4 is 4.74 Å². The first-order valence-corrected chi connectivity index (χ1v) is 6.01. The van der Waals surface area contributed by atoms with E-state index in [1.54, 1.807) is 19.4 Å². The highest BCUT2D eigenvalue weighted by Crippen LogP contribution is 2.19. The second kappa shape index (κ2) is 6.17. The molecule has 18 heavy (non-hydrogen) atoms. The summed E-state index contributed by atoms with van der Waals surface area (Å²) in [5.74, 6) is 0.564. The molecule has 0 saturated carbocycles. The quantitative estimate of drug-likeness (QED) is 0.878. The summed E-state index contributed by atoms with van der Waals surface area (Å²) in [6.07, 6.45) is 2.73. The Morgan fingerprint density at radius 1 is 1.17 bits per heavy atom. The first-order valence-electron chi connectivity index (χ1n) is 6.01. The van der Waals surface area contributed by atoms with Crippen LogP contribution in [-0.2, 0) is 6.42 Å². The van der Waals surface area contributed by atoms with Crippen molar-refractivity contribution in [3.63, 3.8) is 0 Å². The molecule has 3 nitrogen and oxygen atoms in total. The third kappa shape index (κ3) is 3.31. The van der Waals surface area contributed by atoms with Gasteiger partial charge in [-0.1, -0.05) is 30.3 Å². The molecule has 94 valence electrons. The Morgan fingerprint density at radius 2 is 1.94 bits per heavy atom. The average molecular weight is 243 g/mol. The number of rotatable bonds is 5. The normalized spacial score (nSPS) is 12.1. The standard InChI is InChI=1S/C15H17NO2/c1-18-15-10-8-13(11-16-15)14(17)9-7-12-5-3-2-4-6-12/h2-6,8,10-11,14,17H,7,9H2,1H3. The fourth-order valence-corrected chi connectivity index (χ4v) is 1.82. The van der Waals surface area contributed by atoms with Crippen molar-refractivity contribution in [1.29, 1.82) is 0 Å². The van der Waals surface area contributed by atoms with Crippen molar-refractivity contribution in [2.24, 2.45) is 0 Å². The SMILES string of the molecule is COc1ccc(C(O)CCc2ccccc2)cn1. The van der Waals surface area contributed by atoms with E-state index in [1.807, 2.05) is 24.3 Å². The summed E-state index contributed by atoms with van der Waals surface area (Å²) < 4.78 is 4.99. The lowest BCUT2D eigenvalue weighted by molar-refractivity contribution is 0.167. The number of hydrogen-bond donors (Lipinski definition) is 1. The number of aryl methyl sites for hydroxylation is 1. The molecule has 3 heteroatoms. The van der Waals surface area contributed by atoms with Crippen molar-refractivity contribution in [2.75, 3.05) is 7.11 Å². The molecular weight excluding hydrogens is 226 g/mol. The largest absolute Gasteiger partial charge is 0.481 e. The van der Waals surface area contributed by atoms with E-state index in [-0.39, 0.29) is 0 Å². The Morgan fingerprint density at radius 3 is 2.56 bits per heavy atom. The number of nitrogens with zero attached hydrogens (tertiary/aromatic N) is 1. The van der Waals surface area contributed by atoms with Gasteiger partial charge in [0.15, 0.2) is 0 Å². The summed E-state index contributed by atoms with van der Waals surface area (Å²) in [5, 5.41) is 10.1. The van der Waals surface area contributed by atoms with Gasteiger partial charge in [-0.2, -0.15) is 0 Å². The van der Waals surface area contributed by atoms with Gasteiger partial charge in [0.2, 0.25) is 5.88 Å². The Balaban J connectivity index is 1.93. The fraction of sp³-hybridized carbons (Fsp3) is 0.267. The molecule has 1 aromatic heterocycles. The minimum atomic E-state index is -0.483.